The average Bonchev–Trinajstić information content (AvgIpc) is 3.46. The second-order valence-corrected chi connectivity index (χ2v) is 7.73. The average molecular weight is 468 g/mol. The zero-order valence-corrected chi connectivity index (χ0v) is 18.6. The van der Waals surface area contributed by atoms with Crippen LogP contribution in [0, 0.1) is 17.8 Å². The molecule has 0 saturated heterocycles. The standard InChI is InChI=1S/C18H16ClF2N5O2.C3H8O/c1-26-9-12(15(24-26)17(20)21)18(27)23-8-14(25-28)16-13(19)6-11(7-22-16)5-4-10-2-3-10;1-3(2)4/h6-7,9-10,17,28H,2-3,8H2,1H3,(H,23,27);3-4H,1-2H3. The summed E-state index contributed by atoms with van der Waals surface area (Å²) in [6.07, 6.45) is 1.80. The number of hydrogen-bond acceptors (Lipinski definition) is 6. The van der Waals surface area contributed by atoms with Gasteiger partial charge in [0.2, 0.25) is 0 Å². The van der Waals surface area contributed by atoms with Gasteiger partial charge in [0.25, 0.3) is 12.3 Å². The Labute approximate surface area is 189 Å². The van der Waals surface area contributed by atoms with Crippen LogP contribution in [-0.4, -0.2) is 49.3 Å². The van der Waals surface area contributed by atoms with Crippen LogP contribution < -0.4 is 5.32 Å². The van der Waals surface area contributed by atoms with Crippen molar-refractivity contribution in [2.45, 2.75) is 39.2 Å². The number of alkyl halides is 2. The summed E-state index contributed by atoms with van der Waals surface area (Å²) in [5.41, 5.74) is -0.139. The van der Waals surface area contributed by atoms with Gasteiger partial charge in [0.15, 0.2) is 0 Å². The van der Waals surface area contributed by atoms with E-state index in [4.69, 9.17) is 16.7 Å². The Kier molecular flexibility index (Phi) is 9.11. The lowest BCUT2D eigenvalue weighted by Gasteiger charge is -2.08. The van der Waals surface area contributed by atoms with E-state index in [1.807, 2.05) is 0 Å². The summed E-state index contributed by atoms with van der Waals surface area (Å²) in [6.45, 7) is 3.17. The molecule has 3 N–H and O–H groups in total. The van der Waals surface area contributed by atoms with Gasteiger partial charge in [-0.05, 0) is 32.8 Å². The summed E-state index contributed by atoms with van der Waals surface area (Å²) in [5.74, 6) is 5.70. The Morgan fingerprint density at radius 1 is 1.44 bits per heavy atom. The van der Waals surface area contributed by atoms with Crippen LogP contribution in [0.1, 0.15) is 60.4 Å². The molecular formula is C21H24ClF2N5O3. The fourth-order valence-corrected chi connectivity index (χ4v) is 2.67. The predicted octanol–water partition coefficient (Wildman–Crippen LogP) is 3.16. The number of aliphatic hydroxyl groups excluding tert-OH is 1. The number of nitrogens with one attached hydrogen (secondary N) is 1. The van der Waals surface area contributed by atoms with Gasteiger partial charge < -0.3 is 15.6 Å². The largest absolute Gasteiger partial charge is 0.411 e. The summed E-state index contributed by atoms with van der Waals surface area (Å²) in [6, 6.07) is 1.59. The summed E-state index contributed by atoms with van der Waals surface area (Å²) >= 11 is 6.19. The maximum absolute atomic E-state index is 13.0. The molecule has 2 aromatic heterocycles. The molecule has 32 heavy (non-hydrogen) atoms. The van der Waals surface area contributed by atoms with Crippen molar-refractivity contribution < 1.29 is 23.9 Å². The minimum Gasteiger partial charge on any atom is -0.411 e. The van der Waals surface area contributed by atoms with Crippen LogP contribution in [-0.2, 0) is 7.05 Å². The smallest absolute Gasteiger partial charge is 0.282 e. The van der Waals surface area contributed by atoms with Crippen LogP contribution in [0.4, 0.5) is 8.78 Å². The molecule has 11 heteroatoms. The number of pyridine rings is 1. The van der Waals surface area contributed by atoms with Gasteiger partial charge in [-0.25, -0.2) is 8.78 Å². The van der Waals surface area contributed by atoms with Crippen molar-refractivity contribution in [3.8, 4) is 11.8 Å². The molecule has 2 heterocycles. The lowest BCUT2D eigenvalue weighted by atomic mass is 10.2. The molecule has 1 saturated carbocycles. The molecule has 2 aromatic rings. The number of carbonyl (C=O) groups excluding carboxylic acids is 1. The number of hydrogen-bond donors (Lipinski definition) is 3. The number of nitrogens with zero attached hydrogens (tertiary/aromatic N) is 4. The number of aliphatic hydroxyl groups is 1. The quantitative estimate of drug-likeness (QED) is 0.270. The Morgan fingerprint density at radius 2 is 2.09 bits per heavy atom. The third-order valence-corrected chi connectivity index (χ3v) is 4.25. The number of carbonyl (C=O) groups is 1. The van der Waals surface area contributed by atoms with Crippen molar-refractivity contribution in [2.24, 2.45) is 18.1 Å². The molecule has 3 rings (SSSR count). The molecule has 0 spiro atoms. The van der Waals surface area contributed by atoms with Gasteiger partial charge in [-0.1, -0.05) is 28.6 Å². The van der Waals surface area contributed by atoms with Crippen LogP contribution in [0.3, 0.4) is 0 Å². The van der Waals surface area contributed by atoms with Crippen molar-refractivity contribution in [3.05, 3.63) is 46.0 Å². The van der Waals surface area contributed by atoms with E-state index in [9.17, 15) is 18.8 Å². The van der Waals surface area contributed by atoms with E-state index in [-0.39, 0.29) is 34.6 Å². The summed E-state index contributed by atoms with van der Waals surface area (Å²) in [5, 5.41) is 26.6. The molecule has 8 nitrogen and oxygen atoms in total. The lowest BCUT2D eigenvalue weighted by Crippen LogP contribution is -2.31. The molecule has 1 aliphatic carbocycles. The highest BCUT2D eigenvalue weighted by molar-refractivity contribution is 6.34. The molecule has 1 amide bonds. The minimum atomic E-state index is -2.90. The van der Waals surface area contributed by atoms with Gasteiger partial charge in [0.05, 0.1) is 17.1 Å². The van der Waals surface area contributed by atoms with Crippen molar-refractivity contribution in [1.82, 2.24) is 20.1 Å². The topological polar surface area (TPSA) is 113 Å². The predicted molar refractivity (Wildman–Crippen MR) is 115 cm³/mol. The van der Waals surface area contributed by atoms with Crippen LogP contribution >= 0.6 is 11.6 Å². The molecule has 0 atom stereocenters. The molecule has 0 bridgehead atoms. The van der Waals surface area contributed by atoms with Crippen molar-refractivity contribution >= 4 is 23.2 Å². The van der Waals surface area contributed by atoms with Gasteiger partial charge in [-0.3, -0.25) is 14.5 Å². The molecule has 0 unspecified atom stereocenters. The third-order valence-electron chi connectivity index (χ3n) is 3.96. The maximum Gasteiger partial charge on any atom is 0.282 e. The summed E-state index contributed by atoms with van der Waals surface area (Å²) in [4.78, 5) is 16.4. The molecular weight excluding hydrogens is 444 g/mol. The molecule has 0 radical (unpaired) electrons. The third kappa shape index (κ3) is 7.59. The van der Waals surface area contributed by atoms with Crippen molar-refractivity contribution in [2.75, 3.05) is 6.54 Å². The first-order chi connectivity index (χ1) is 15.1. The van der Waals surface area contributed by atoms with Crippen LogP contribution in [0.2, 0.25) is 5.02 Å². The molecule has 1 aliphatic rings. The molecule has 172 valence electrons. The highest BCUT2D eigenvalue weighted by Crippen LogP contribution is 2.27. The lowest BCUT2D eigenvalue weighted by molar-refractivity contribution is 0.0944. The first kappa shape index (κ1) is 25.2. The van der Waals surface area contributed by atoms with Crippen LogP contribution in [0.5, 0.6) is 0 Å². The molecule has 0 aliphatic heterocycles. The second-order valence-electron chi connectivity index (χ2n) is 7.32. The van der Waals surface area contributed by atoms with E-state index in [0.717, 1.165) is 17.5 Å². The van der Waals surface area contributed by atoms with E-state index in [2.05, 4.69) is 32.4 Å². The Balaban J connectivity index is 0.000000837. The second kappa shape index (κ2) is 11.5. The number of oxime groups is 1. The first-order valence-electron chi connectivity index (χ1n) is 9.78. The summed E-state index contributed by atoms with van der Waals surface area (Å²) in [7, 11) is 1.43. The Bertz CT molecular complexity index is 1040. The van der Waals surface area contributed by atoms with E-state index < -0.39 is 18.0 Å². The fourth-order valence-electron chi connectivity index (χ4n) is 2.40. The molecule has 0 aromatic carbocycles. The first-order valence-corrected chi connectivity index (χ1v) is 10.2. The Morgan fingerprint density at radius 3 is 2.62 bits per heavy atom. The fraction of sp³-hybridized carbons (Fsp3) is 0.429. The number of amides is 1. The number of aryl methyl sites for hydroxylation is 1. The normalized spacial score (nSPS) is 13.3. The van der Waals surface area contributed by atoms with E-state index in [1.54, 1.807) is 19.9 Å². The zero-order valence-electron chi connectivity index (χ0n) is 17.8. The van der Waals surface area contributed by atoms with Gasteiger partial charge in [0, 0.05) is 37.0 Å². The van der Waals surface area contributed by atoms with Gasteiger partial charge in [0.1, 0.15) is 17.1 Å². The minimum absolute atomic E-state index is 0.0254. The Hall–Kier alpha value is -3.03. The highest BCUT2D eigenvalue weighted by atomic mass is 35.5. The van der Waals surface area contributed by atoms with Crippen LogP contribution in [0.15, 0.2) is 23.6 Å². The van der Waals surface area contributed by atoms with E-state index in [1.165, 1.54) is 19.4 Å². The van der Waals surface area contributed by atoms with Crippen molar-refractivity contribution in [3.63, 3.8) is 0 Å². The van der Waals surface area contributed by atoms with Gasteiger partial charge >= 0.3 is 0 Å². The van der Waals surface area contributed by atoms with E-state index in [0.29, 0.717) is 11.5 Å². The monoisotopic (exact) mass is 467 g/mol. The van der Waals surface area contributed by atoms with Gasteiger partial charge in [-0.15, -0.1) is 0 Å². The maximum atomic E-state index is 13.0. The number of halogens is 3. The number of rotatable bonds is 5. The highest BCUT2D eigenvalue weighted by Gasteiger charge is 2.23. The molecule has 1 fully saturated rings. The van der Waals surface area contributed by atoms with Crippen molar-refractivity contribution in [1.29, 1.82) is 0 Å². The van der Waals surface area contributed by atoms with Crippen LogP contribution in [0.25, 0.3) is 0 Å². The van der Waals surface area contributed by atoms with Gasteiger partial charge in [-0.2, -0.15) is 5.10 Å². The zero-order chi connectivity index (χ0) is 23.8. The summed E-state index contributed by atoms with van der Waals surface area (Å²) < 4.78 is 27.1. The SMILES string of the molecule is CC(C)O.Cn1cc(C(=O)NCC(=NO)c2ncc(C#CC3CC3)cc2Cl)c(C(F)F)n1. The number of aromatic nitrogens is 3. The van der Waals surface area contributed by atoms with E-state index >= 15 is 0 Å².